The zero-order valence-electron chi connectivity index (χ0n) is 8.08. The van der Waals surface area contributed by atoms with Crippen LogP contribution in [0.5, 0.6) is 0 Å². The summed E-state index contributed by atoms with van der Waals surface area (Å²) in [5, 5.41) is 12.0. The molecule has 0 fully saturated rings. The molecule has 1 aromatic carbocycles. The van der Waals surface area contributed by atoms with Crippen molar-refractivity contribution < 1.29 is 9.90 Å². The summed E-state index contributed by atoms with van der Waals surface area (Å²) in [6.07, 6.45) is 0.211. The maximum atomic E-state index is 10.6. The van der Waals surface area contributed by atoms with Crippen molar-refractivity contribution in [1.29, 1.82) is 0 Å². The van der Waals surface area contributed by atoms with Gasteiger partial charge in [-0.1, -0.05) is 12.1 Å². The van der Waals surface area contributed by atoms with E-state index in [4.69, 9.17) is 5.11 Å². The van der Waals surface area contributed by atoms with Crippen LogP contribution >= 0.6 is 0 Å². The Bertz CT molecular complexity index is 374. The molecule has 0 radical (unpaired) electrons. The summed E-state index contributed by atoms with van der Waals surface area (Å²) in [6.45, 7) is 2.78. The Morgan fingerprint density at radius 2 is 2.43 bits per heavy atom. The van der Waals surface area contributed by atoms with Crippen LogP contribution in [0, 0.1) is 6.92 Å². The molecule has 74 valence electrons. The highest BCUT2D eigenvalue weighted by molar-refractivity contribution is 5.70. The van der Waals surface area contributed by atoms with Crippen molar-refractivity contribution >= 4 is 11.7 Å². The number of hydrogen-bond donors (Lipinski definition) is 2. The first-order valence-electron chi connectivity index (χ1n) is 4.73. The Kier molecular flexibility index (Phi) is 2.15. The van der Waals surface area contributed by atoms with Gasteiger partial charge in [0.25, 0.3) is 0 Å². The minimum Gasteiger partial charge on any atom is -0.481 e. The lowest BCUT2D eigenvalue weighted by atomic mass is 9.97. The van der Waals surface area contributed by atoms with Crippen LogP contribution in [0.15, 0.2) is 18.2 Å². The van der Waals surface area contributed by atoms with E-state index in [1.807, 2.05) is 19.1 Å². The van der Waals surface area contributed by atoms with Crippen LogP contribution in [0.3, 0.4) is 0 Å². The Labute approximate surface area is 82.8 Å². The van der Waals surface area contributed by atoms with Crippen LogP contribution < -0.4 is 5.32 Å². The van der Waals surface area contributed by atoms with Crippen LogP contribution in [-0.2, 0) is 4.79 Å². The third-order valence-electron chi connectivity index (χ3n) is 2.61. The molecule has 2 rings (SSSR count). The lowest BCUT2D eigenvalue weighted by molar-refractivity contribution is -0.137. The summed E-state index contributed by atoms with van der Waals surface area (Å²) in [5.41, 5.74) is 3.43. The van der Waals surface area contributed by atoms with E-state index >= 15 is 0 Å². The molecule has 3 heteroatoms. The Morgan fingerprint density at radius 3 is 3.14 bits per heavy atom. The van der Waals surface area contributed by atoms with Gasteiger partial charge < -0.3 is 10.4 Å². The summed E-state index contributed by atoms with van der Waals surface area (Å²) in [5.74, 6) is -0.603. The first kappa shape index (κ1) is 9.06. The maximum absolute atomic E-state index is 10.6. The van der Waals surface area contributed by atoms with E-state index in [-0.39, 0.29) is 12.3 Å². The van der Waals surface area contributed by atoms with Gasteiger partial charge in [0.2, 0.25) is 0 Å². The van der Waals surface area contributed by atoms with Crippen LogP contribution in [-0.4, -0.2) is 17.6 Å². The molecule has 2 N–H and O–H groups in total. The van der Waals surface area contributed by atoms with Gasteiger partial charge in [-0.05, 0) is 24.1 Å². The summed E-state index contributed by atoms with van der Waals surface area (Å²) < 4.78 is 0. The molecular formula is C11H13NO2. The minimum atomic E-state index is -0.731. The Morgan fingerprint density at radius 1 is 1.64 bits per heavy atom. The Balaban J connectivity index is 2.26. The van der Waals surface area contributed by atoms with Crippen molar-refractivity contribution in [3.8, 4) is 0 Å². The van der Waals surface area contributed by atoms with Gasteiger partial charge in [-0.3, -0.25) is 4.79 Å². The fraction of sp³-hybridized carbons (Fsp3) is 0.364. The van der Waals surface area contributed by atoms with E-state index in [9.17, 15) is 4.79 Å². The standard InChI is InChI=1S/C11H13NO2/c1-7-2-3-9-8(5-11(13)14)6-12-10(9)4-7/h2-4,8,12H,5-6H2,1H3,(H,13,14). The third-order valence-corrected chi connectivity index (χ3v) is 2.61. The fourth-order valence-corrected chi connectivity index (χ4v) is 1.92. The molecule has 1 aliphatic rings. The minimum absolute atomic E-state index is 0.128. The summed E-state index contributed by atoms with van der Waals surface area (Å²) >= 11 is 0. The van der Waals surface area contributed by atoms with Crippen LogP contribution in [0.4, 0.5) is 5.69 Å². The largest absolute Gasteiger partial charge is 0.481 e. The van der Waals surface area contributed by atoms with Crippen molar-refractivity contribution in [3.05, 3.63) is 29.3 Å². The van der Waals surface area contributed by atoms with E-state index in [1.54, 1.807) is 0 Å². The molecular weight excluding hydrogens is 178 g/mol. The highest BCUT2D eigenvalue weighted by atomic mass is 16.4. The number of rotatable bonds is 2. The average molecular weight is 191 g/mol. The second-order valence-electron chi connectivity index (χ2n) is 3.77. The monoisotopic (exact) mass is 191 g/mol. The van der Waals surface area contributed by atoms with Crippen LogP contribution in [0.25, 0.3) is 0 Å². The van der Waals surface area contributed by atoms with Gasteiger partial charge in [-0.25, -0.2) is 0 Å². The normalized spacial score (nSPS) is 18.8. The van der Waals surface area contributed by atoms with Crippen molar-refractivity contribution in [2.24, 2.45) is 0 Å². The molecule has 1 aliphatic heterocycles. The number of nitrogens with one attached hydrogen (secondary N) is 1. The van der Waals surface area contributed by atoms with E-state index in [1.165, 1.54) is 5.56 Å². The zero-order valence-corrected chi connectivity index (χ0v) is 8.08. The molecule has 14 heavy (non-hydrogen) atoms. The molecule has 0 aliphatic carbocycles. The SMILES string of the molecule is Cc1ccc2c(c1)NCC2CC(=O)O. The van der Waals surface area contributed by atoms with Crippen molar-refractivity contribution in [1.82, 2.24) is 0 Å². The molecule has 0 saturated heterocycles. The van der Waals surface area contributed by atoms with Gasteiger partial charge in [-0.15, -0.1) is 0 Å². The number of anilines is 1. The predicted molar refractivity (Wildman–Crippen MR) is 54.7 cm³/mol. The molecule has 1 unspecified atom stereocenters. The van der Waals surface area contributed by atoms with Gasteiger partial charge in [0, 0.05) is 18.2 Å². The quantitative estimate of drug-likeness (QED) is 0.751. The van der Waals surface area contributed by atoms with E-state index in [0.29, 0.717) is 0 Å². The van der Waals surface area contributed by atoms with Crippen molar-refractivity contribution in [2.45, 2.75) is 19.3 Å². The van der Waals surface area contributed by atoms with Gasteiger partial charge in [-0.2, -0.15) is 0 Å². The number of carbonyl (C=O) groups is 1. The lowest BCUT2D eigenvalue weighted by Gasteiger charge is -2.06. The van der Waals surface area contributed by atoms with E-state index < -0.39 is 5.97 Å². The third kappa shape index (κ3) is 1.58. The number of hydrogen-bond acceptors (Lipinski definition) is 2. The van der Waals surface area contributed by atoms with Crippen LogP contribution in [0.2, 0.25) is 0 Å². The molecule has 0 bridgehead atoms. The highest BCUT2D eigenvalue weighted by Gasteiger charge is 2.23. The smallest absolute Gasteiger partial charge is 0.304 e. The molecule has 1 atom stereocenters. The topological polar surface area (TPSA) is 49.3 Å². The number of fused-ring (bicyclic) bond motifs is 1. The fourth-order valence-electron chi connectivity index (χ4n) is 1.92. The number of aliphatic carboxylic acids is 1. The zero-order chi connectivity index (χ0) is 10.1. The van der Waals surface area contributed by atoms with Crippen LogP contribution in [0.1, 0.15) is 23.5 Å². The molecule has 1 aromatic rings. The van der Waals surface area contributed by atoms with Gasteiger partial charge >= 0.3 is 5.97 Å². The second-order valence-corrected chi connectivity index (χ2v) is 3.77. The summed E-state index contributed by atoms with van der Waals surface area (Å²) in [4.78, 5) is 10.6. The van der Waals surface area contributed by atoms with Crippen molar-refractivity contribution in [2.75, 3.05) is 11.9 Å². The molecule has 0 spiro atoms. The number of carboxylic acid groups (broad SMARTS) is 1. The number of benzene rings is 1. The summed E-state index contributed by atoms with van der Waals surface area (Å²) in [7, 11) is 0. The Hall–Kier alpha value is -1.51. The lowest BCUT2D eigenvalue weighted by Crippen LogP contribution is -2.07. The molecule has 0 amide bonds. The van der Waals surface area contributed by atoms with Gasteiger partial charge in [0.15, 0.2) is 0 Å². The number of aryl methyl sites for hydroxylation is 1. The van der Waals surface area contributed by atoms with Crippen molar-refractivity contribution in [3.63, 3.8) is 0 Å². The average Bonchev–Trinajstić information content (AvgIpc) is 2.47. The van der Waals surface area contributed by atoms with Gasteiger partial charge in [0.05, 0.1) is 6.42 Å². The first-order valence-corrected chi connectivity index (χ1v) is 4.73. The molecule has 1 heterocycles. The molecule has 0 aromatic heterocycles. The van der Waals surface area contributed by atoms with E-state index in [2.05, 4.69) is 11.4 Å². The predicted octanol–water partition coefficient (Wildman–Crippen LogP) is 1.98. The second kappa shape index (κ2) is 3.33. The first-order chi connectivity index (χ1) is 6.66. The highest BCUT2D eigenvalue weighted by Crippen LogP contribution is 2.33. The molecule has 3 nitrogen and oxygen atoms in total. The number of carboxylic acids is 1. The summed E-state index contributed by atoms with van der Waals surface area (Å²) in [6, 6.07) is 6.12. The van der Waals surface area contributed by atoms with E-state index in [0.717, 1.165) is 17.8 Å². The molecule has 0 saturated carbocycles. The van der Waals surface area contributed by atoms with Gasteiger partial charge in [0.1, 0.15) is 0 Å². The maximum Gasteiger partial charge on any atom is 0.304 e.